The van der Waals surface area contributed by atoms with E-state index in [1.807, 2.05) is 19.1 Å². The number of ether oxygens (including phenoxy) is 3. The van der Waals surface area contributed by atoms with Crippen LogP contribution in [0, 0.1) is 6.92 Å². The summed E-state index contributed by atoms with van der Waals surface area (Å²) in [5.41, 5.74) is 2.65. The highest BCUT2D eigenvalue weighted by Crippen LogP contribution is 2.18. The van der Waals surface area contributed by atoms with Crippen LogP contribution in [-0.4, -0.2) is 42.2 Å². The molecule has 0 fully saturated rings. The SMILES string of the molecule is COCOc1ccc(Cc2cn[nH]c2C(=O)OC)nc1C. The molecule has 0 bridgehead atoms. The second-order valence-corrected chi connectivity index (χ2v) is 4.38. The van der Waals surface area contributed by atoms with Crippen LogP contribution in [0.5, 0.6) is 5.75 Å². The zero-order valence-corrected chi connectivity index (χ0v) is 12.2. The molecule has 0 saturated heterocycles. The second kappa shape index (κ2) is 6.85. The standard InChI is InChI=1S/C14H17N3O4/c1-9-12(21-8-19-2)5-4-11(16-9)6-10-7-15-17-13(10)14(18)20-3/h4-5,7H,6,8H2,1-3H3,(H,15,17). The Hall–Kier alpha value is -2.41. The third kappa shape index (κ3) is 3.57. The lowest BCUT2D eigenvalue weighted by molar-refractivity contribution is 0.0502. The molecular weight excluding hydrogens is 274 g/mol. The summed E-state index contributed by atoms with van der Waals surface area (Å²) in [6, 6.07) is 3.67. The molecule has 1 N–H and O–H groups in total. The van der Waals surface area contributed by atoms with Gasteiger partial charge in [-0.25, -0.2) is 4.79 Å². The van der Waals surface area contributed by atoms with Gasteiger partial charge in [-0.1, -0.05) is 0 Å². The number of pyridine rings is 1. The van der Waals surface area contributed by atoms with Crippen LogP contribution in [0.2, 0.25) is 0 Å². The predicted molar refractivity (Wildman–Crippen MR) is 74.2 cm³/mol. The molecule has 0 amide bonds. The normalized spacial score (nSPS) is 10.4. The summed E-state index contributed by atoms with van der Waals surface area (Å²) < 4.78 is 14.9. The van der Waals surface area contributed by atoms with Crippen molar-refractivity contribution in [2.24, 2.45) is 0 Å². The smallest absolute Gasteiger partial charge is 0.356 e. The van der Waals surface area contributed by atoms with Crippen molar-refractivity contribution in [1.29, 1.82) is 0 Å². The lowest BCUT2D eigenvalue weighted by atomic mass is 10.1. The van der Waals surface area contributed by atoms with Crippen LogP contribution in [0.15, 0.2) is 18.3 Å². The summed E-state index contributed by atoms with van der Waals surface area (Å²) in [6.07, 6.45) is 2.07. The second-order valence-electron chi connectivity index (χ2n) is 4.38. The molecule has 2 heterocycles. The summed E-state index contributed by atoms with van der Waals surface area (Å²) in [5, 5.41) is 6.51. The fraction of sp³-hybridized carbons (Fsp3) is 0.357. The summed E-state index contributed by atoms with van der Waals surface area (Å²) in [6.45, 7) is 2.03. The highest BCUT2D eigenvalue weighted by atomic mass is 16.7. The molecule has 112 valence electrons. The number of nitrogens with one attached hydrogen (secondary N) is 1. The maximum atomic E-state index is 11.6. The van der Waals surface area contributed by atoms with Crippen molar-refractivity contribution in [3.8, 4) is 5.75 Å². The maximum absolute atomic E-state index is 11.6. The molecular formula is C14H17N3O4. The number of hydrogen-bond acceptors (Lipinski definition) is 6. The minimum atomic E-state index is -0.445. The predicted octanol–water partition coefficient (Wildman–Crippen LogP) is 1.47. The molecule has 0 radical (unpaired) electrons. The maximum Gasteiger partial charge on any atom is 0.356 e. The van der Waals surface area contributed by atoms with Crippen LogP contribution in [0.1, 0.15) is 27.4 Å². The Morgan fingerprint density at radius 3 is 2.81 bits per heavy atom. The highest BCUT2D eigenvalue weighted by molar-refractivity contribution is 5.88. The van der Waals surface area contributed by atoms with E-state index >= 15 is 0 Å². The topological polar surface area (TPSA) is 86.3 Å². The summed E-state index contributed by atoms with van der Waals surface area (Å²) in [5.74, 6) is 0.222. The summed E-state index contributed by atoms with van der Waals surface area (Å²) in [7, 11) is 2.89. The van der Waals surface area contributed by atoms with Gasteiger partial charge in [0.1, 0.15) is 11.4 Å². The largest absolute Gasteiger partial charge is 0.466 e. The molecule has 0 saturated carbocycles. The van der Waals surface area contributed by atoms with E-state index in [1.54, 1.807) is 13.3 Å². The Bertz CT molecular complexity index is 624. The van der Waals surface area contributed by atoms with Crippen molar-refractivity contribution in [3.05, 3.63) is 41.0 Å². The van der Waals surface area contributed by atoms with Gasteiger partial charge in [-0.3, -0.25) is 10.1 Å². The van der Waals surface area contributed by atoms with Crippen LogP contribution in [0.25, 0.3) is 0 Å². The van der Waals surface area contributed by atoms with E-state index in [9.17, 15) is 4.79 Å². The molecule has 0 unspecified atom stereocenters. The van der Waals surface area contributed by atoms with Crippen molar-refractivity contribution in [2.75, 3.05) is 21.0 Å². The van der Waals surface area contributed by atoms with Gasteiger partial charge in [-0.2, -0.15) is 5.10 Å². The van der Waals surface area contributed by atoms with Crippen molar-refractivity contribution >= 4 is 5.97 Å². The van der Waals surface area contributed by atoms with E-state index < -0.39 is 5.97 Å². The van der Waals surface area contributed by atoms with Gasteiger partial charge in [-0.05, 0) is 19.1 Å². The molecule has 0 spiro atoms. The fourth-order valence-electron chi connectivity index (χ4n) is 1.89. The number of aromatic nitrogens is 3. The number of hydrogen-bond donors (Lipinski definition) is 1. The van der Waals surface area contributed by atoms with Gasteiger partial charge in [0.15, 0.2) is 6.79 Å². The van der Waals surface area contributed by atoms with Gasteiger partial charge in [0.05, 0.1) is 19.0 Å². The lowest BCUT2D eigenvalue weighted by Crippen LogP contribution is -2.07. The quantitative estimate of drug-likeness (QED) is 0.640. The van der Waals surface area contributed by atoms with Gasteiger partial charge in [0.25, 0.3) is 0 Å². The first-order chi connectivity index (χ1) is 10.2. The number of rotatable bonds is 6. The van der Waals surface area contributed by atoms with Gasteiger partial charge in [0, 0.05) is 24.8 Å². The van der Waals surface area contributed by atoms with E-state index in [0.717, 1.165) is 17.0 Å². The number of aryl methyl sites for hydroxylation is 1. The number of carbonyl (C=O) groups is 1. The van der Waals surface area contributed by atoms with Crippen molar-refractivity contribution in [2.45, 2.75) is 13.3 Å². The first-order valence-corrected chi connectivity index (χ1v) is 6.34. The first-order valence-electron chi connectivity index (χ1n) is 6.34. The van der Waals surface area contributed by atoms with Crippen LogP contribution >= 0.6 is 0 Å². The van der Waals surface area contributed by atoms with Gasteiger partial charge in [0.2, 0.25) is 0 Å². The number of carbonyl (C=O) groups excluding carboxylic acids is 1. The molecule has 21 heavy (non-hydrogen) atoms. The molecule has 2 rings (SSSR count). The fourth-order valence-corrected chi connectivity index (χ4v) is 1.89. The van der Waals surface area contributed by atoms with Crippen LogP contribution in [0.3, 0.4) is 0 Å². The Morgan fingerprint density at radius 2 is 2.14 bits per heavy atom. The molecule has 0 aliphatic heterocycles. The van der Waals surface area contributed by atoms with Crippen LogP contribution in [0.4, 0.5) is 0 Å². The Balaban J connectivity index is 2.15. The summed E-state index contributed by atoms with van der Waals surface area (Å²) >= 11 is 0. The van der Waals surface area contributed by atoms with Crippen molar-refractivity contribution < 1.29 is 19.0 Å². The van der Waals surface area contributed by atoms with Crippen molar-refractivity contribution in [1.82, 2.24) is 15.2 Å². The molecule has 2 aromatic rings. The van der Waals surface area contributed by atoms with Gasteiger partial charge < -0.3 is 14.2 Å². The third-order valence-electron chi connectivity index (χ3n) is 2.91. The average Bonchev–Trinajstić information content (AvgIpc) is 2.94. The van der Waals surface area contributed by atoms with E-state index in [-0.39, 0.29) is 6.79 Å². The molecule has 7 heteroatoms. The number of H-pyrrole nitrogens is 1. The Labute approximate surface area is 122 Å². The average molecular weight is 291 g/mol. The zero-order chi connectivity index (χ0) is 15.2. The number of esters is 1. The number of methoxy groups -OCH3 is 2. The van der Waals surface area contributed by atoms with Crippen molar-refractivity contribution in [3.63, 3.8) is 0 Å². The minimum absolute atomic E-state index is 0.177. The number of aromatic amines is 1. The third-order valence-corrected chi connectivity index (χ3v) is 2.91. The zero-order valence-electron chi connectivity index (χ0n) is 12.2. The highest BCUT2D eigenvalue weighted by Gasteiger charge is 2.15. The molecule has 0 aromatic carbocycles. The number of nitrogens with zero attached hydrogens (tertiary/aromatic N) is 2. The lowest BCUT2D eigenvalue weighted by Gasteiger charge is -2.09. The van der Waals surface area contributed by atoms with Crippen LogP contribution in [-0.2, 0) is 15.9 Å². The molecule has 0 aliphatic carbocycles. The first kappa shape index (κ1) is 15.0. The minimum Gasteiger partial charge on any atom is -0.466 e. The molecule has 7 nitrogen and oxygen atoms in total. The molecule has 0 atom stereocenters. The molecule has 0 aliphatic rings. The van der Waals surface area contributed by atoms with Gasteiger partial charge >= 0.3 is 5.97 Å². The Morgan fingerprint density at radius 1 is 1.33 bits per heavy atom. The van der Waals surface area contributed by atoms with E-state index in [4.69, 9.17) is 14.2 Å². The van der Waals surface area contributed by atoms with E-state index in [2.05, 4.69) is 15.2 Å². The van der Waals surface area contributed by atoms with E-state index in [1.165, 1.54) is 7.11 Å². The monoisotopic (exact) mass is 291 g/mol. The Kier molecular flexibility index (Phi) is 4.89. The van der Waals surface area contributed by atoms with E-state index in [0.29, 0.717) is 17.9 Å². The van der Waals surface area contributed by atoms with Crippen LogP contribution < -0.4 is 4.74 Å². The summed E-state index contributed by atoms with van der Waals surface area (Å²) in [4.78, 5) is 16.0. The van der Waals surface area contributed by atoms with Gasteiger partial charge in [-0.15, -0.1) is 0 Å². The molecule has 2 aromatic heterocycles.